The predicted molar refractivity (Wildman–Crippen MR) is 138 cm³/mol. The predicted octanol–water partition coefficient (Wildman–Crippen LogP) is 2.82. The highest BCUT2D eigenvalue weighted by Crippen LogP contribution is 2.29. The average molecular weight is 482 g/mol. The molecule has 0 aliphatic carbocycles. The summed E-state index contributed by atoms with van der Waals surface area (Å²) in [5.74, 6) is 0.759. The number of hydrogen-bond acceptors (Lipinski definition) is 6. The number of aliphatic hydroxyl groups is 1. The van der Waals surface area contributed by atoms with Crippen LogP contribution >= 0.6 is 0 Å². The molecule has 2 saturated heterocycles. The minimum atomic E-state index is -0.763. The molecule has 0 unspecified atom stereocenters. The molecule has 190 valence electrons. The SMILES string of the molecule is COc1ccccc1N1CCN(C(=O)[C@H]2O[C@H](CCN(C)CCc3ccccc3)CC[C@@H]2O)CC1. The molecular weight excluding hydrogens is 442 g/mol. The molecule has 0 aromatic heterocycles. The van der Waals surface area contributed by atoms with Crippen molar-refractivity contribution in [2.75, 3.05) is 58.3 Å². The van der Waals surface area contributed by atoms with Gasteiger partial charge in [-0.05, 0) is 50.4 Å². The van der Waals surface area contributed by atoms with Crippen molar-refractivity contribution in [3.63, 3.8) is 0 Å². The van der Waals surface area contributed by atoms with E-state index in [4.69, 9.17) is 9.47 Å². The van der Waals surface area contributed by atoms with Crippen molar-refractivity contribution in [2.24, 2.45) is 0 Å². The van der Waals surface area contributed by atoms with Crippen LogP contribution in [0.3, 0.4) is 0 Å². The van der Waals surface area contributed by atoms with E-state index in [2.05, 4.69) is 41.1 Å². The summed E-state index contributed by atoms with van der Waals surface area (Å²) in [5, 5.41) is 10.6. The van der Waals surface area contributed by atoms with E-state index in [9.17, 15) is 9.90 Å². The summed E-state index contributed by atoms with van der Waals surface area (Å²) in [6.07, 6.45) is 1.78. The molecule has 7 nitrogen and oxygen atoms in total. The van der Waals surface area contributed by atoms with Crippen LogP contribution in [0.1, 0.15) is 24.8 Å². The molecule has 2 aliphatic heterocycles. The Morgan fingerprint density at radius 2 is 1.74 bits per heavy atom. The molecule has 1 N–H and O–H groups in total. The van der Waals surface area contributed by atoms with Crippen molar-refractivity contribution in [3.8, 4) is 5.75 Å². The summed E-state index contributed by atoms with van der Waals surface area (Å²) in [6.45, 7) is 4.56. The summed E-state index contributed by atoms with van der Waals surface area (Å²) < 4.78 is 11.7. The summed E-state index contributed by atoms with van der Waals surface area (Å²) >= 11 is 0. The van der Waals surface area contributed by atoms with Gasteiger partial charge in [0.25, 0.3) is 5.91 Å². The van der Waals surface area contributed by atoms with Crippen LogP contribution in [-0.4, -0.2) is 92.6 Å². The Kier molecular flexibility index (Phi) is 9.01. The molecule has 2 aromatic rings. The quantitative estimate of drug-likeness (QED) is 0.594. The first kappa shape index (κ1) is 25.5. The van der Waals surface area contributed by atoms with Gasteiger partial charge in [-0.15, -0.1) is 0 Å². The number of para-hydroxylation sites is 2. The number of benzene rings is 2. The van der Waals surface area contributed by atoms with Crippen LogP contribution < -0.4 is 9.64 Å². The summed E-state index contributed by atoms with van der Waals surface area (Å²) in [4.78, 5) is 19.7. The van der Waals surface area contributed by atoms with Gasteiger partial charge in [-0.3, -0.25) is 4.79 Å². The summed E-state index contributed by atoms with van der Waals surface area (Å²) in [6, 6.07) is 18.5. The number of carbonyl (C=O) groups is 1. The van der Waals surface area contributed by atoms with Crippen molar-refractivity contribution >= 4 is 11.6 Å². The molecule has 7 heteroatoms. The number of amides is 1. The second-order valence-electron chi connectivity index (χ2n) is 9.64. The minimum Gasteiger partial charge on any atom is -0.495 e. The van der Waals surface area contributed by atoms with Crippen LogP contribution in [0.5, 0.6) is 5.75 Å². The van der Waals surface area contributed by atoms with Crippen LogP contribution in [0, 0.1) is 0 Å². The molecule has 0 saturated carbocycles. The third-order valence-corrected chi connectivity index (χ3v) is 7.19. The maximum atomic E-state index is 13.3. The van der Waals surface area contributed by atoms with Gasteiger partial charge in [-0.2, -0.15) is 0 Å². The first-order valence-corrected chi connectivity index (χ1v) is 12.8. The highest BCUT2D eigenvalue weighted by molar-refractivity contribution is 5.82. The van der Waals surface area contributed by atoms with E-state index in [1.807, 2.05) is 35.2 Å². The van der Waals surface area contributed by atoms with E-state index < -0.39 is 12.2 Å². The fourth-order valence-electron chi connectivity index (χ4n) is 4.99. The third kappa shape index (κ3) is 6.75. The highest BCUT2D eigenvalue weighted by Gasteiger charge is 2.38. The van der Waals surface area contributed by atoms with Gasteiger partial charge in [0.15, 0.2) is 6.10 Å². The minimum absolute atomic E-state index is 0.00129. The fourth-order valence-corrected chi connectivity index (χ4v) is 4.99. The number of hydrogen-bond donors (Lipinski definition) is 1. The molecule has 2 aromatic carbocycles. The zero-order chi connectivity index (χ0) is 24.6. The second-order valence-corrected chi connectivity index (χ2v) is 9.64. The molecule has 0 spiro atoms. The van der Waals surface area contributed by atoms with Gasteiger partial charge in [0, 0.05) is 39.3 Å². The summed E-state index contributed by atoms with van der Waals surface area (Å²) in [5.41, 5.74) is 2.39. The van der Waals surface area contributed by atoms with Crippen molar-refractivity contribution in [2.45, 2.75) is 44.0 Å². The fraction of sp³-hybridized carbons (Fsp3) is 0.536. The zero-order valence-corrected chi connectivity index (χ0v) is 21.0. The first-order valence-electron chi connectivity index (χ1n) is 12.8. The number of carbonyl (C=O) groups excluding carboxylic acids is 1. The number of methoxy groups -OCH3 is 1. The monoisotopic (exact) mass is 481 g/mol. The maximum absolute atomic E-state index is 13.3. The molecule has 3 atom stereocenters. The standard InChI is InChI=1S/C28H39N3O4/c1-29(16-14-22-8-4-3-5-9-22)17-15-23-12-13-25(32)27(35-23)28(33)31-20-18-30(19-21-31)24-10-6-7-11-26(24)34-2/h3-11,23,25,27,32H,12-21H2,1-2H3/t23-,25-,27-/m0/s1. The van der Waals surface area contributed by atoms with Crippen LogP contribution in [0.4, 0.5) is 5.69 Å². The Balaban J connectivity index is 1.24. The van der Waals surface area contributed by atoms with Gasteiger partial charge >= 0.3 is 0 Å². The lowest BCUT2D eigenvalue weighted by Crippen LogP contribution is -2.56. The average Bonchev–Trinajstić information content (AvgIpc) is 2.91. The lowest BCUT2D eigenvalue weighted by molar-refractivity contribution is -0.168. The number of piperazine rings is 1. The van der Waals surface area contributed by atoms with Crippen molar-refractivity contribution in [1.82, 2.24) is 9.80 Å². The topological polar surface area (TPSA) is 65.5 Å². The smallest absolute Gasteiger partial charge is 0.254 e. The molecule has 1 amide bonds. The normalized spacial score (nSPS) is 22.9. The van der Waals surface area contributed by atoms with E-state index in [1.165, 1.54) is 5.56 Å². The Bertz CT molecular complexity index is 933. The highest BCUT2D eigenvalue weighted by atomic mass is 16.5. The molecule has 35 heavy (non-hydrogen) atoms. The number of anilines is 1. The van der Waals surface area contributed by atoms with Gasteiger partial charge in [-0.1, -0.05) is 42.5 Å². The second kappa shape index (κ2) is 12.4. The van der Waals surface area contributed by atoms with Crippen LogP contribution in [0.25, 0.3) is 0 Å². The molecule has 0 radical (unpaired) electrons. The molecule has 2 aliphatic rings. The first-order chi connectivity index (χ1) is 17.0. The maximum Gasteiger partial charge on any atom is 0.254 e. The van der Waals surface area contributed by atoms with Crippen LogP contribution in [-0.2, 0) is 16.0 Å². The third-order valence-electron chi connectivity index (χ3n) is 7.19. The Morgan fingerprint density at radius 1 is 1.03 bits per heavy atom. The van der Waals surface area contributed by atoms with E-state index in [0.717, 1.165) is 56.9 Å². The van der Waals surface area contributed by atoms with Crippen molar-refractivity contribution in [1.29, 1.82) is 0 Å². The number of likely N-dealkylation sites (N-methyl/N-ethyl adjacent to an activating group) is 1. The van der Waals surface area contributed by atoms with Gasteiger partial charge in [0.1, 0.15) is 5.75 Å². The number of nitrogens with zero attached hydrogens (tertiary/aromatic N) is 3. The van der Waals surface area contributed by atoms with Gasteiger partial charge < -0.3 is 29.3 Å². The molecule has 4 rings (SSSR count). The summed E-state index contributed by atoms with van der Waals surface area (Å²) in [7, 11) is 3.81. The van der Waals surface area contributed by atoms with E-state index >= 15 is 0 Å². The van der Waals surface area contributed by atoms with Gasteiger partial charge in [0.2, 0.25) is 0 Å². The van der Waals surface area contributed by atoms with Crippen molar-refractivity contribution < 1.29 is 19.4 Å². The molecule has 2 fully saturated rings. The van der Waals surface area contributed by atoms with Gasteiger partial charge in [-0.25, -0.2) is 0 Å². The van der Waals surface area contributed by atoms with Crippen LogP contribution in [0.15, 0.2) is 54.6 Å². The van der Waals surface area contributed by atoms with Crippen LogP contribution in [0.2, 0.25) is 0 Å². The number of aliphatic hydroxyl groups excluding tert-OH is 1. The lowest BCUT2D eigenvalue weighted by Gasteiger charge is -2.40. The van der Waals surface area contributed by atoms with Crippen molar-refractivity contribution in [3.05, 3.63) is 60.2 Å². The van der Waals surface area contributed by atoms with E-state index in [0.29, 0.717) is 19.5 Å². The Hall–Kier alpha value is -2.61. The molecular formula is C28H39N3O4. The van der Waals surface area contributed by atoms with Gasteiger partial charge in [0.05, 0.1) is 25.0 Å². The number of rotatable bonds is 9. The van der Waals surface area contributed by atoms with E-state index in [1.54, 1.807) is 7.11 Å². The Labute approximate surface area is 209 Å². The lowest BCUT2D eigenvalue weighted by atomic mass is 9.98. The van der Waals surface area contributed by atoms with E-state index in [-0.39, 0.29) is 12.0 Å². The number of ether oxygens (including phenoxy) is 2. The zero-order valence-electron chi connectivity index (χ0n) is 21.0. The largest absolute Gasteiger partial charge is 0.495 e. The molecule has 0 bridgehead atoms. The molecule has 2 heterocycles. The Morgan fingerprint density at radius 3 is 2.49 bits per heavy atom.